The summed E-state index contributed by atoms with van der Waals surface area (Å²) in [6.07, 6.45) is 0. The molecule has 2 aromatic carbocycles. The van der Waals surface area contributed by atoms with Crippen LogP contribution in [-0.4, -0.2) is 11.0 Å². The maximum atomic E-state index is 13.8. The van der Waals surface area contributed by atoms with Gasteiger partial charge in [0.1, 0.15) is 11.6 Å². The van der Waals surface area contributed by atoms with Crippen molar-refractivity contribution in [1.29, 1.82) is 0 Å². The van der Waals surface area contributed by atoms with E-state index in [4.69, 9.17) is 39.8 Å². The standard InChI is InChI=1S/C18H10Cl2FIN2O2S/c19-11-3-1-9(7-12(11)20)15-5-6-16(26-15)17(25)24-18(27)23-14-4-2-10(22)8-13(14)21/h1-8H,(H2,23,24,25,27). The van der Waals surface area contributed by atoms with Crippen LogP contribution in [0.5, 0.6) is 0 Å². The summed E-state index contributed by atoms with van der Waals surface area (Å²) in [4.78, 5) is 12.3. The van der Waals surface area contributed by atoms with E-state index in [1.165, 1.54) is 18.2 Å². The van der Waals surface area contributed by atoms with E-state index in [1.807, 2.05) is 22.6 Å². The maximum absolute atomic E-state index is 13.8. The highest BCUT2D eigenvalue weighted by Crippen LogP contribution is 2.29. The number of carbonyl (C=O) groups is 1. The SMILES string of the molecule is O=C(NC(=S)Nc1ccc(I)cc1F)c1ccc(-c2ccc(Cl)c(Cl)c2)o1. The Labute approximate surface area is 183 Å². The molecule has 0 aliphatic heterocycles. The number of rotatable bonds is 3. The van der Waals surface area contributed by atoms with Gasteiger partial charge in [-0.1, -0.05) is 23.2 Å². The zero-order chi connectivity index (χ0) is 19.6. The van der Waals surface area contributed by atoms with Crippen molar-refractivity contribution < 1.29 is 13.6 Å². The van der Waals surface area contributed by atoms with Gasteiger partial charge in [-0.25, -0.2) is 4.39 Å². The number of anilines is 1. The van der Waals surface area contributed by atoms with E-state index >= 15 is 0 Å². The summed E-state index contributed by atoms with van der Waals surface area (Å²) in [6, 6.07) is 12.7. The molecule has 0 radical (unpaired) electrons. The van der Waals surface area contributed by atoms with Crippen molar-refractivity contribution in [2.24, 2.45) is 0 Å². The number of hydrogen-bond acceptors (Lipinski definition) is 3. The Morgan fingerprint density at radius 3 is 2.56 bits per heavy atom. The molecule has 0 saturated heterocycles. The van der Waals surface area contributed by atoms with Gasteiger partial charge in [-0.15, -0.1) is 0 Å². The van der Waals surface area contributed by atoms with E-state index in [9.17, 15) is 9.18 Å². The van der Waals surface area contributed by atoms with Crippen molar-refractivity contribution in [2.45, 2.75) is 0 Å². The number of amides is 1. The summed E-state index contributed by atoms with van der Waals surface area (Å²) < 4.78 is 20.1. The topological polar surface area (TPSA) is 54.3 Å². The number of nitrogens with one attached hydrogen (secondary N) is 2. The number of thiocarbonyl (C=S) groups is 1. The van der Waals surface area contributed by atoms with E-state index in [-0.39, 0.29) is 16.6 Å². The van der Waals surface area contributed by atoms with Crippen LogP contribution in [0.3, 0.4) is 0 Å². The summed E-state index contributed by atoms with van der Waals surface area (Å²) in [5.41, 5.74) is 0.835. The molecule has 1 aromatic heterocycles. The molecule has 1 heterocycles. The Bertz CT molecular complexity index is 1040. The van der Waals surface area contributed by atoms with E-state index in [1.54, 1.807) is 30.3 Å². The van der Waals surface area contributed by atoms with Crippen LogP contribution in [0.4, 0.5) is 10.1 Å². The molecular formula is C18H10Cl2FIN2O2S. The van der Waals surface area contributed by atoms with Gasteiger partial charge >= 0.3 is 0 Å². The lowest BCUT2D eigenvalue weighted by atomic mass is 10.2. The first-order valence-corrected chi connectivity index (χ1v) is 9.70. The third-order valence-corrected chi connectivity index (χ3v) is 5.05. The second-order valence-electron chi connectivity index (χ2n) is 5.33. The number of furan rings is 1. The minimum Gasteiger partial charge on any atom is -0.451 e. The van der Waals surface area contributed by atoms with E-state index < -0.39 is 11.7 Å². The third kappa shape index (κ3) is 4.98. The van der Waals surface area contributed by atoms with Crippen LogP contribution in [0.2, 0.25) is 10.0 Å². The molecule has 3 aromatic rings. The van der Waals surface area contributed by atoms with E-state index in [2.05, 4.69) is 10.6 Å². The molecule has 1 amide bonds. The lowest BCUT2D eigenvalue weighted by Gasteiger charge is -2.09. The zero-order valence-corrected chi connectivity index (χ0v) is 17.8. The molecule has 3 rings (SSSR count). The molecule has 0 aliphatic rings. The summed E-state index contributed by atoms with van der Waals surface area (Å²) >= 11 is 18.9. The lowest BCUT2D eigenvalue weighted by Crippen LogP contribution is -2.34. The molecule has 138 valence electrons. The first-order chi connectivity index (χ1) is 12.8. The molecule has 4 nitrogen and oxygen atoms in total. The highest BCUT2D eigenvalue weighted by molar-refractivity contribution is 14.1. The number of halogens is 4. The highest BCUT2D eigenvalue weighted by Gasteiger charge is 2.15. The highest BCUT2D eigenvalue weighted by atomic mass is 127. The Kier molecular flexibility index (Phi) is 6.36. The van der Waals surface area contributed by atoms with Crippen molar-refractivity contribution in [3.8, 4) is 11.3 Å². The molecule has 27 heavy (non-hydrogen) atoms. The van der Waals surface area contributed by atoms with Crippen LogP contribution < -0.4 is 10.6 Å². The largest absolute Gasteiger partial charge is 0.451 e. The van der Waals surface area contributed by atoms with Crippen LogP contribution in [-0.2, 0) is 0 Å². The van der Waals surface area contributed by atoms with Crippen LogP contribution in [0.1, 0.15) is 10.6 Å². The predicted molar refractivity (Wildman–Crippen MR) is 117 cm³/mol. The second kappa shape index (κ2) is 8.55. The van der Waals surface area contributed by atoms with Crippen LogP contribution in [0, 0.1) is 9.39 Å². The Balaban J connectivity index is 1.68. The molecule has 0 bridgehead atoms. The molecule has 9 heteroatoms. The summed E-state index contributed by atoms with van der Waals surface area (Å²) in [5, 5.41) is 5.83. The second-order valence-corrected chi connectivity index (χ2v) is 7.79. The Hall–Kier alpha value is -1.68. The van der Waals surface area contributed by atoms with Crippen molar-refractivity contribution in [1.82, 2.24) is 5.32 Å². The minimum atomic E-state index is -0.565. The third-order valence-electron chi connectivity index (χ3n) is 3.44. The number of benzene rings is 2. The lowest BCUT2D eigenvalue weighted by molar-refractivity contribution is 0.0951. The van der Waals surface area contributed by atoms with Gasteiger partial charge in [-0.2, -0.15) is 0 Å². The molecule has 0 aliphatic carbocycles. The summed E-state index contributed by atoms with van der Waals surface area (Å²) in [6.45, 7) is 0. The van der Waals surface area contributed by atoms with Crippen molar-refractivity contribution in [3.63, 3.8) is 0 Å². The van der Waals surface area contributed by atoms with E-state index in [0.717, 1.165) is 3.57 Å². The fraction of sp³-hybridized carbons (Fsp3) is 0. The smallest absolute Gasteiger partial charge is 0.293 e. The Morgan fingerprint density at radius 1 is 1.07 bits per heavy atom. The summed E-state index contributed by atoms with van der Waals surface area (Å²) in [5.74, 6) is -0.548. The zero-order valence-electron chi connectivity index (χ0n) is 13.4. The van der Waals surface area contributed by atoms with Crippen LogP contribution in [0.15, 0.2) is 52.9 Å². The molecule has 0 spiro atoms. The number of hydrogen-bond donors (Lipinski definition) is 2. The maximum Gasteiger partial charge on any atom is 0.293 e. The fourth-order valence-corrected chi connectivity index (χ4v) is 3.13. The van der Waals surface area contributed by atoms with Gasteiger partial charge in [0.15, 0.2) is 10.9 Å². The summed E-state index contributed by atoms with van der Waals surface area (Å²) in [7, 11) is 0. The average molecular weight is 535 g/mol. The van der Waals surface area contributed by atoms with Gasteiger partial charge in [0.05, 0.1) is 15.7 Å². The molecular weight excluding hydrogens is 525 g/mol. The van der Waals surface area contributed by atoms with Gasteiger partial charge in [0.2, 0.25) is 0 Å². The van der Waals surface area contributed by atoms with Gasteiger partial charge in [-0.3, -0.25) is 10.1 Å². The quantitative estimate of drug-likeness (QED) is 0.314. The van der Waals surface area contributed by atoms with Crippen LogP contribution in [0.25, 0.3) is 11.3 Å². The predicted octanol–water partition coefficient (Wildman–Crippen LogP) is 6.12. The van der Waals surface area contributed by atoms with Gasteiger partial charge in [-0.05, 0) is 83.3 Å². The first kappa shape index (κ1) is 20.1. The molecule has 0 saturated carbocycles. The van der Waals surface area contributed by atoms with Crippen molar-refractivity contribution in [2.75, 3.05) is 5.32 Å². The number of carbonyl (C=O) groups excluding carboxylic acids is 1. The first-order valence-electron chi connectivity index (χ1n) is 7.46. The molecule has 0 atom stereocenters. The van der Waals surface area contributed by atoms with E-state index in [0.29, 0.717) is 21.4 Å². The Morgan fingerprint density at radius 2 is 1.85 bits per heavy atom. The van der Waals surface area contributed by atoms with Crippen LogP contribution >= 0.6 is 58.0 Å². The van der Waals surface area contributed by atoms with Gasteiger partial charge in [0.25, 0.3) is 5.91 Å². The minimum absolute atomic E-state index is 0.0447. The molecule has 0 fully saturated rings. The van der Waals surface area contributed by atoms with Crippen molar-refractivity contribution in [3.05, 3.63) is 73.7 Å². The van der Waals surface area contributed by atoms with Gasteiger partial charge < -0.3 is 9.73 Å². The monoisotopic (exact) mass is 534 g/mol. The van der Waals surface area contributed by atoms with Gasteiger partial charge in [0, 0.05) is 9.13 Å². The molecule has 0 unspecified atom stereocenters. The van der Waals surface area contributed by atoms with Crippen molar-refractivity contribution >= 4 is 74.7 Å². The normalized spacial score (nSPS) is 10.5. The molecule has 2 N–H and O–H groups in total. The fourth-order valence-electron chi connectivity index (χ4n) is 2.17. The average Bonchev–Trinajstić information content (AvgIpc) is 3.10.